The summed E-state index contributed by atoms with van der Waals surface area (Å²) >= 11 is 0. The van der Waals surface area contributed by atoms with Gasteiger partial charge < -0.3 is 4.74 Å². The molecule has 0 unspecified atom stereocenters. The van der Waals surface area contributed by atoms with E-state index in [0.717, 1.165) is 32.3 Å². The summed E-state index contributed by atoms with van der Waals surface area (Å²) in [7, 11) is 0. The van der Waals surface area contributed by atoms with E-state index >= 15 is 0 Å². The maximum absolute atomic E-state index is 5.44. The van der Waals surface area contributed by atoms with Crippen LogP contribution >= 0.6 is 0 Å². The Bertz CT molecular complexity index is 295. The molecule has 0 N–H and O–H groups in total. The molecule has 2 heteroatoms. The molecule has 0 heterocycles. The van der Waals surface area contributed by atoms with Crippen LogP contribution in [0.3, 0.4) is 0 Å². The predicted molar refractivity (Wildman–Crippen MR) is 66.4 cm³/mol. The third-order valence-corrected chi connectivity index (χ3v) is 3.02. The fraction of sp³-hybridized carbons (Fsp3) is 0.571. The zero-order valence-electron chi connectivity index (χ0n) is 10.1. The molecule has 1 aromatic rings. The van der Waals surface area contributed by atoms with Crippen molar-refractivity contribution in [2.75, 3.05) is 19.8 Å². The lowest BCUT2D eigenvalue weighted by Gasteiger charge is -2.21. The molecule has 0 aromatic heterocycles. The average molecular weight is 219 g/mol. The van der Waals surface area contributed by atoms with Crippen molar-refractivity contribution in [2.45, 2.75) is 32.4 Å². The Morgan fingerprint density at radius 3 is 2.62 bits per heavy atom. The standard InChI is InChI=1S/C14H21NO/c1-2-16-11-10-15(14-8-9-14)12-13-6-4-3-5-7-13/h3-7,14H,2,8-12H2,1H3. The van der Waals surface area contributed by atoms with Crippen molar-refractivity contribution in [3.05, 3.63) is 35.9 Å². The van der Waals surface area contributed by atoms with Gasteiger partial charge in [-0.2, -0.15) is 0 Å². The van der Waals surface area contributed by atoms with E-state index in [2.05, 4.69) is 42.2 Å². The zero-order chi connectivity index (χ0) is 11.2. The monoisotopic (exact) mass is 219 g/mol. The van der Waals surface area contributed by atoms with Crippen molar-refractivity contribution < 1.29 is 4.74 Å². The van der Waals surface area contributed by atoms with Gasteiger partial charge in [-0.15, -0.1) is 0 Å². The van der Waals surface area contributed by atoms with Crippen LogP contribution < -0.4 is 0 Å². The van der Waals surface area contributed by atoms with Gasteiger partial charge in [0.2, 0.25) is 0 Å². The van der Waals surface area contributed by atoms with Crippen LogP contribution in [0.5, 0.6) is 0 Å². The van der Waals surface area contributed by atoms with Crippen LogP contribution in [0.1, 0.15) is 25.3 Å². The molecule has 0 amide bonds. The normalized spacial score (nSPS) is 15.6. The first-order valence-electron chi connectivity index (χ1n) is 6.26. The maximum Gasteiger partial charge on any atom is 0.0593 e. The van der Waals surface area contributed by atoms with Gasteiger partial charge >= 0.3 is 0 Å². The second-order valence-electron chi connectivity index (χ2n) is 4.38. The lowest BCUT2D eigenvalue weighted by Crippen LogP contribution is -2.29. The molecule has 0 spiro atoms. The Hall–Kier alpha value is -0.860. The SMILES string of the molecule is CCOCCN(Cc1ccccc1)C1CC1. The fourth-order valence-electron chi connectivity index (χ4n) is 1.97. The molecule has 1 saturated carbocycles. The van der Waals surface area contributed by atoms with E-state index in [1.807, 2.05) is 0 Å². The largest absolute Gasteiger partial charge is 0.380 e. The van der Waals surface area contributed by atoms with Crippen LogP contribution in [-0.4, -0.2) is 30.7 Å². The van der Waals surface area contributed by atoms with Crippen molar-refractivity contribution in [1.82, 2.24) is 4.90 Å². The highest BCUT2D eigenvalue weighted by Gasteiger charge is 2.28. The summed E-state index contributed by atoms with van der Waals surface area (Å²) in [6, 6.07) is 11.5. The second kappa shape index (κ2) is 6.02. The van der Waals surface area contributed by atoms with Gasteiger partial charge in [0.1, 0.15) is 0 Å². The van der Waals surface area contributed by atoms with E-state index in [4.69, 9.17) is 4.74 Å². The van der Waals surface area contributed by atoms with E-state index in [0.29, 0.717) is 0 Å². The zero-order valence-corrected chi connectivity index (χ0v) is 10.1. The number of benzene rings is 1. The Balaban J connectivity index is 1.83. The predicted octanol–water partition coefficient (Wildman–Crippen LogP) is 2.69. The molecule has 0 saturated heterocycles. The molecule has 88 valence electrons. The van der Waals surface area contributed by atoms with E-state index in [1.165, 1.54) is 18.4 Å². The van der Waals surface area contributed by atoms with Crippen molar-refractivity contribution in [3.8, 4) is 0 Å². The van der Waals surface area contributed by atoms with Crippen molar-refractivity contribution in [2.24, 2.45) is 0 Å². The second-order valence-corrected chi connectivity index (χ2v) is 4.38. The Kier molecular flexibility index (Phi) is 4.37. The average Bonchev–Trinajstić information content (AvgIpc) is 3.13. The Morgan fingerprint density at radius 2 is 2.00 bits per heavy atom. The highest BCUT2D eigenvalue weighted by molar-refractivity contribution is 5.14. The van der Waals surface area contributed by atoms with Crippen LogP contribution in [0.25, 0.3) is 0 Å². The summed E-state index contributed by atoms with van der Waals surface area (Å²) in [5, 5.41) is 0. The quantitative estimate of drug-likeness (QED) is 0.654. The number of ether oxygens (including phenoxy) is 1. The summed E-state index contributed by atoms with van der Waals surface area (Å²) in [6.45, 7) is 5.87. The minimum absolute atomic E-state index is 0.806. The molecule has 0 atom stereocenters. The Labute approximate surface area is 98.2 Å². The molecule has 1 aromatic carbocycles. The smallest absolute Gasteiger partial charge is 0.0593 e. The van der Waals surface area contributed by atoms with Crippen molar-refractivity contribution >= 4 is 0 Å². The highest BCUT2D eigenvalue weighted by atomic mass is 16.5. The molecule has 0 radical (unpaired) electrons. The van der Waals surface area contributed by atoms with Gasteiger partial charge in [-0.25, -0.2) is 0 Å². The van der Waals surface area contributed by atoms with E-state index in [1.54, 1.807) is 0 Å². The summed E-state index contributed by atoms with van der Waals surface area (Å²) < 4.78 is 5.44. The van der Waals surface area contributed by atoms with Crippen LogP contribution in [0.2, 0.25) is 0 Å². The van der Waals surface area contributed by atoms with Crippen LogP contribution in [0, 0.1) is 0 Å². The van der Waals surface area contributed by atoms with Crippen LogP contribution in [0.4, 0.5) is 0 Å². The molecule has 1 aliphatic carbocycles. The molecular formula is C14H21NO. The molecule has 0 aliphatic heterocycles. The molecule has 16 heavy (non-hydrogen) atoms. The summed E-state index contributed by atoms with van der Waals surface area (Å²) in [5.74, 6) is 0. The van der Waals surface area contributed by atoms with Gasteiger partial charge in [0.25, 0.3) is 0 Å². The van der Waals surface area contributed by atoms with E-state index in [-0.39, 0.29) is 0 Å². The van der Waals surface area contributed by atoms with Gasteiger partial charge in [-0.3, -0.25) is 4.90 Å². The van der Waals surface area contributed by atoms with Gasteiger partial charge in [-0.1, -0.05) is 30.3 Å². The number of hydrogen-bond acceptors (Lipinski definition) is 2. The number of hydrogen-bond donors (Lipinski definition) is 0. The maximum atomic E-state index is 5.44. The lowest BCUT2D eigenvalue weighted by molar-refractivity contribution is 0.107. The number of nitrogens with zero attached hydrogens (tertiary/aromatic N) is 1. The first kappa shape index (κ1) is 11.6. The summed E-state index contributed by atoms with van der Waals surface area (Å²) in [4.78, 5) is 2.55. The topological polar surface area (TPSA) is 12.5 Å². The summed E-state index contributed by atoms with van der Waals surface area (Å²) in [6.07, 6.45) is 2.72. The van der Waals surface area contributed by atoms with Crippen molar-refractivity contribution in [1.29, 1.82) is 0 Å². The third-order valence-electron chi connectivity index (χ3n) is 3.02. The first-order chi connectivity index (χ1) is 7.90. The van der Waals surface area contributed by atoms with Crippen LogP contribution in [-0.2, 0) is 11.3 Å². The molecule has 0 bridgehead atoms. The van der Waals surface area contributed by atoms with E-state index < -0.39 is 0 Å². The van der Waals surface area contributed by atoms with Gasteiger partial charge in [0.05, 0.1) is 6.61 Å². The van der Waals surface area contributed by atoms with Gasteiger partial charge in [-0.05, 0) is 25.3 Å². The van der Waals surface area contributed by atoms with Crippen LogP contribution in [0.15, 0.2) is 30.3 Å². The lowest BCUT2D eigenvalue weighted by atomic mass is 10.2. The van der Waals surface area contributed by atoms with Gasteiger partial charge in [0, 0.05) is 25.7 Å². The number of rotatable bonds is 7. The molecule has 2 rings (SSSR count). The molecule has 1 aliphatic rings. The molecule has 2 nitrogen and oxygen atoms in total. The minimum Gasteiger partial charge on any atom is -0.380 e. The highest BCUT2D eigenvalue weighted by Crippen LogP contribution is 2.27. The van der Waals surface area contributed by atoms with Crippen molar-refractivity contribution in [3.63, 3.8) is 0 Å². The fourth-order valence-corrected chi connectivity index (χ4v) is 1.97. The minimum atomic E-state index is 0.806. The Morgan fingerprint density at radius 1 is 1.25 bits per heavy atom. The van der Waals surface area contributed by atoms with Gasteiger partial charge in [0.15, 0.2) is 0 Å². The summed E-state index contributed by atoms with van der Waals surface area (Å²) in [5.41, 5.74) is 1.41. The third kappa shape index (κ3) is 3.62. The molecule has 1 fully saturated rings. The first-order valence-corrected chi connectivity index (χ1v) is 6.26. The van der Waals surface area contributed by atoms with E-state index in [9.17, 15) is 0 Å². The molecular weight excluding hydrogens is 198 g/mol.